The normalized spacial score (nSPS) is 12.7. The molecule has 0 fully saturated rings. The first-order valence-electron chi connectivity index (χ1n) is 10.1. The van der Waals surface area contributed by atoms with Gasteiger partial charge in [-0.3, -0.25) is 4.90 Å². The first-order chi connectivity index (χ1) is 14.5. The van der Waals surface area contributed by atoms with Gasteiger partial charge in [0.25, 0.3) is 0 Å². The van der Waals surface area contributed by atoms with Gasteiger partial charge in [0.15, 0.2) is 0 Å². The minimum absolute atomic E-state index is 0.307. The maximum Gasteiger partial charge on any atom is 0.228 e. The largest absolute Gasteiger partial charge is 0.468 e. The van der Waals surface area contributed by atoms with Crippen molar-refractivity contribution < 1.29 is 18.8 Å². The number of rotatable bonds is 12. The summed E-state index contributed by atoms with van der Waals surface area (Å²) >= 11 is 3.42. The van der Waals surface area contributed by atoms with Crippen LogP contribution in [0.5, 0.6) is 0 Å². The molecule has 1 atom stereocenters. The molecular formula is C22H28BrN3O4. The lowest BCUT2D eigenvalue weighted by Gasteiger charge is -2.23. The molecule has 1 aromatic carbocycles. The molecule has 0 amide bonds. The van der Waals surface area contributed by atoms with Gasteiger partial charge in [-0.1, -0.05) is 34.9 Å². The molecule has 2 aromatic heterocycles. The first-order valence-corrected chi connectivity index (χ1v) is 10.9. The van der Waals surface area contributed by atoms with E-state index in [1.807, 2.05) is 36.4 Å². The highest BCUT2D eigenvalue weighted by atomic mass is 79.9. The molecule has 3 aromatic rings. The Kier molecular flexibility index (Phi) is 8.62. The molecule has 8 heteroatoms. The van der Waals surface area contributed by atoms with Crippen LogP contribution >= 0.6 is 15.9 Å². The van der Waals surface area contributed by atoms with Gasteiger partial charge in [-0.05, 0) is 42.3 Å². The fourth-order valence-electron chi connectivity index (χ4n) is 2.97. The van der Waals surface area contributed by atoms with Crippen LogP contribution in [0.25, 0.3) is 11.4 Å². The number of benzene rings is 1. The second-order valence-electron chi connectivity index (χ2n) is 7.67. The van der Waals surface area contributed by atoms with E-state index in [2.05, 4.69) is 44.8 Å². The maximum absolute atomic E-state index is 10.4. The number of ether oxygens (including phenoxy) is 1. The van der Waals surface area contributed by atoms with Gasteiger partial charge >= 0.3 is 0 Å². The summed E-state index contributed by atoms with van der Waals surface area (Å²) in [5.74, 6) is 2.40. The minimum atomic E-state index is -0.584. The maximum atomic E-state index is 10.4. The summed E-state index contributed by atoms with van der Waals surface area (Å²) < 4.78 is 17.5. The fraction of sp³-hybridized carbons (Fsp3) is 0.455. The summed E-state index contributed by atoms with van der Waals surface area (Å²) in [4.78, 5) is 6.60. The molecule has 162 valence electrons. The smallest absolute Gasteiger partial charge is 0.228 e. The molecule has 0 aliphatic carbocycles. The zero-order valence-corrected chi connectivity index (χ0v) is 18.9. The Morgan fingerprint density at radius 3 is 2.67 bits per heavy atom. The summed E-state index contributed by atoms with van der Waals surface area (Å²) in [6, 6.07) is 11.6. The van der Waals surface area contributed by atoms with Gasteiger partial charge in [-0.15, -0.1) is 0 Å². The Morgan fingerprint density at radius 1 is 1.17 bits per heavy atom. The number of aromatic nitrogens is 2. The Hall–Kier alpha value is -2.00. The number of hydrogen-bond acceptors (Lipinski definition) is 7. The summed E-state index contributed by atoms with van der Waals surface area (Å²) in [5.41, 5.74) is 0.901. The average Bonchev–Trinajstić information content (AvgIpc) is 3.38. The van der Waals surface area contributed by atoms with Crippen molar-refractivity contribution in [3.63, 3.8) is 0 Å². The highest BCUT2D eigenvalue weighted by Gasteiger charge is 2.16. The number of aliphatic hydroxyl groups excluding tert-OH is 1. The molecule has 0 radical (unpaired) electrons. The van der Waals surface area contributed by atoms with Crippen LogP contribution in [-0.4, -0.2) is 52.6 Å². The monoisotopic (exact) mass is 477 g/mol. The SMILES string of the molecule is CC(C)COCC(O)CN(CCc1nc(-c2ccc(Br)cc2)no1)Cc1ccco1. The van der Waals surface area contributed by atoms with Crippen LogP contribution in [0.2, 0.25) is 0 Å². The Bertz CT molecular complexity index is 865. The Morgan fingerprint density at radius 2 is 1.97 bits per heavy atom. The van der Waals surface area contributed by atoms with Gasteiger partial charge in [0, 0.05) is 36.2 Å². The van der Waals surface area contributed by atoms with Crippen LogP contribution in [0.4, 0.5) is 0 Å². The second kappa shape index (κ2) is 11.4. The predicted molar refractivity (Wildman–Crippen MR) is 117 cm³/mol. The van der Waals surface area contributed by atoms with Crippen LogP contribution in [0.1, 0.15) is 25.5 Å². The predicted octanol–water partition coefficient (Wildman–Crippen LogP) is 4.17. The van der Waals surface area contributed by atoms with Crippen molar-refractivity contribution >= 4 is 15.9 Å². The van der Waals surface area contributed by atoms with Gasteiger partial charge in [0.05, 0.1) is 25.5 Å². The van der Waals surface area contributed by atoms with Crippen molar-refractivity contribution in [1.82, 2.24) is 15.0 Å². The quantitative estimate of drug-likeness (QED) is 0.418. The van der Waals surface area contributed by atoms with Crippen molar-refractivity contribution in [1.29, 1.82) is 0 Å². The van der Waals surface area contributed by atoms with Gasteiger partial charge in [-0.25, -0.2) is 0 Å². The van der Waals surface area contributed by atoms with E-state index in [9.17, 15) is 5.11 Å². The first kappa shape index (κ1) is 22.7. The van der Waals surface area contributed by atoms with Gasteiger partial charge in [0.1, 0.15) is 5.76 Å². The van der Waals surface area contributed by atoms with E-state index in [-0.39, 0.29) is 0 Å². The van der Waals surface area contributed by atoms with Crippen LogP contribution in [0, 0.1) is 5.92 Å². The molecule has 0 spiro atoms. The lowest BCUT2D eigenvalue weighted by molar-refractivity contribution is 0.00591. The molecule has 0 aliphatic heterocycles. The molecule has 7 nitrogen and oxygen atoms in total. The number of halogens is 1. The number of aliphatic hydroxyl groups is 1. The molecule has 2 heterocycles. The summed E-state index contributed by atoms with van der Waals surface area (Å²) in [6.07, 6.45) is 1.64. The molecule has 1 N–H and O–H groups in total. The summed E-state index contributed by atoms with van der Waals surface area (Å²) in [5, 5.41) is 14.5. The average molecular weight is 478 g/mol. The molecule has 1 unspecified atom stereocenters. The fourth-order valence-corrected chi connectivity index (χ4v) is 3.24. The molecule has 3 rings (SSSR count). The van der Waals surface area contributed by atoms with Gasteiger partial charge in [-0.2, -0.15) is 4.98 Å². The van der Waals surface area contributed by atoms with E-state index in [1.165, 1.54) is 0 Å². The van der Waals surface area contributed by atoms with Gasteiger partial charge in [0.2, 0.25) is 11.7 Å². The third-order valence-electron chi connectivity index (χ3n) is 4.40. The molecule has 0 saturated heterocycles. The van der Waals surface area contributed by atoms with E-state index in [1.54, 1.807) is 6.26 Å². The van der Waals surface area contributed by atoms with Crippen molar-refractivity contribution in [3.8, 4) is 11.4 Å². The third kappa shape index (κ3) is 7.36. The van der Waals surface area contributed by atoms with E-state index < -0.39 is 6.10 Å². The van der Waals surface area contributed by atoms with Crippen molar-refractivity contribution in [2.75, 3.05) is 26.3 Å². The van der Waals surface area contributed by atoms with E-state index in [0.717, 1.165) is 15.8 Å². The standard InChI is InChI=1S/C22H28BrN3O4/c1-16(2)14-28-15-19(27)12-26(13-20-4-3-11-29-20)10-9-21-24-22(25-30-21)17-5-7-18(23)8-6-17/h3-8,11,16,19,27H,9-10,12-15H2,1-2H3. The third-order valence-corrected chi connectivity index (χ3v) is 4.93. The van der Waals surface area contributed by atoms with Crippen LogP contribution in [0.15, 0.2) is 56.1 Å². The Balaban J connectivity index is 1.56. The molecule has 0 saturated carbocycles. The molecule has 0 aliphatic rings. The van der Waals surface area contributed by atoms with Crippen molar-refractivity contribution in [3.05, 3.63) is 58.8 Å². The molecular weight excluding hydrogens is 450 g/mol. The number of furan rings is 1. The summed E-state index contributed by atoms with van der Waals surface area (Å²) in [7, 11) is 0. The highest BCUT2D eigenvalue weighted by molar-refractivity contribution is 9.10. The lowest BCUT2D eigenvalue weighted by atomic mass is 10.2. The van der Waals surface area contributed by atoms with E-state index in [0.29, 0.717) is 56.9 Å². The van der Waals surface area contributed by atoms with Crippen LogP contribution in [0.3, 0.4) is 0 Å². The number of nitrogens with zero attached hydrogens (tertiary/aromatic N) is 3. The van der Waals surface area contributed by atoms with E-state index in [4.69, 9.17) is 13.7 Å². The lowest BCUT2D eigenvalue weighted by Crippen LogP contribution is -2.36. The zero-order chi connectivity index (χ0) is 21.3. The second-order valence-corrected chi connectivity index (χ2v) is 8.58. The molecule has 30 heavy (non-hydrogen) atoms. The van der Waals surface area contributed by atoms with Crippen molar-refractivity contribution in [2.45, 2.75) is 32.9 Å². The van der Waals surface area contributed by atoms with Gasteiger partial charge < -0.3 is 18.8 Å². The van der Waals surface area contributed by atoms with Crippen molar-refractivity contribution in [2.24, 2.45) is 5.92 Å². The van der Waals surface area contributed by atoms with Crippen LogP contribution < -0.4 is 0 Å². The highest BCUT2D eigenvalue weighted by Crippen LogP contribution is 2.19. The summed E-state index contributed by atoms with van der Waals surface area (Å²) in [6.45, 7) is 6.81. The zero-order valence-electron chi connectivity index (χ0n) is 17.3. The topological polar surface area (TPSA) is 84.8 Å². The molecule has 0 bridgehead atoms. The minimum Gasteiger partial charge on any atom is -0.468 e. The number of hydrogen-bond donors (Lipinski definition) is 1. The van der Waals surface area contributed by atoms with Crippen LogP contribution in [-0.2, 0) is 17.7 Å². The Labute approximate surface area is 185 Å². The van der Waals surface area contributed by atoms with E-state index >= 15 is 0 Å².